The summed E-state index contributed by atoms with van der Waals surface area (Å²) in [6.07, 6.45) is 6.07. The first-order chi connectivity index (χ1) is 16.1. The van der Waals surface area contributed by atoms with Crippen LogP contribution in [0.3, 0.4) is 0 Å². The summed E-state index contributed by atoms with van der Waals surface area (Å²) in [6, 6.07) is 14.7. The van der Waals surface area contributed by atoms with Gasteiger partial charge in [0.2, 0.25) is 5.65 Å². The Morgan fingerprint density at radius 2 is 1.91 bits per heavy atom. The summed E-state index contributed by atoms with van der Waals surface area (Å²) < 4.78 is 1.62. The largest absolute Gasteiger partial charge is 0.352 e. The molecule has 2 aromatic carbocycles. The van der Waals surface area contributed by atoms with Gasteiger partial charge in [0.1, 0.15) is 0 Å². The van der Waals surface area contributed by atoms with E-state index >= 15 is 0 Å². The second kappa shape index (κ2) is 10.1. The molecule has 0 bridgehead atoms. The van der Waals surface area contributed by atoms with E-state index in [1.54, 1.807) is 28.8 Å². The van der Waals surface area contributed by atoms with E-state index in [2.05, 4.69) is 37.7 Å². The molecular weight excluding hydrogens is 438 g/mol. The van der Waals surface area contributed by atoms with Crippen molar-refractivity contribution in [3.8, 4) is 0 Å². The van der Waals surface area contributed by atoms with Crippen molar-refractivity contribution in [3.63, 3.8) is 0 Å². The molecule has 4 aromatic rings. The SMILES string of the molecule is C=CC=c1nc(Nc2ccc(C(=O)NCCc3ccc(Cl)cc3)cc2)c2nnnn2c1=CC. The summed E-state index contributed by atoms with van der Waals surface area (Å²) in [6.45, 7) is 6.17. The number of aromatic nitrogens is 5. The van der Waals surface area contributed by atoms with Crippen LogP contribution >= 0.6 is 11.6 Å². The zero-order valence-corrected chi connectivity index (χ0v) is 18.8. The maximum Gasteiger partial charge on any atom is 0.251 e. The molecule has 0 aliphatic heterocycles. The lowest BCUT2D eigenvalue weighted by Gasteiger charge is -2.09. The van der Waals surface area contributed by atoms with Gasteiger partial charge >= 0.3 is 0 Å². The molecule has 2 N–H and O–H groups in total. The standard InChI is InChI=1S/C24H22ClN7O/c1-3-5-20-21(4-2)32-23(29-30-31-32)22(28-20)27-19-12-8-17(9-13-19)24(33)26-15-14-16-6-10-18(25)11-7-16/h3-13H,1,14-15H2,2H3,(H,26,33)(H,27,28). The van der Waals surface area contributed by atoms with Crippen LogP contribution in [0.2, 0.25) is 5.02 Å². The van der Waals surface area contributed by atoms with Crippen molar-refractivity contribution in [3.05, 3.63) is 88.0 Å². The number of anilines is 2. The molecule has 9 heteroatoms. The van der Waals surface area contributed by atoms with Crippen LogP contribution in [-0.4, -0.2) is 37.5 Å². The molecule has 0 unspecified atom stereocenters. The van der Waals surface area contributed by atoms with Gasteiger partial charge in [-0.15, -0.1) is 5.10 Å². The van der Waals surface area contributed by atoms with Gasteiger partial charge in [0.05, 0.1) is 10.7 Å². The van der Waals surface area contributed by atoms with E-state index in [0.29, 0.717) is 33.9 Å². The van der Waals surface area contributed by atoms with Crippen LogP contribution in [0.25, 0.3) is 17.8 Å². The second-order valence-corrected chi connectivity index (χ2v) is 7.61. The third kappa shape index (κ3) is 5.07. The van der Waals surface area contributed by atoms with E-state index in [9.17, 15) is 4.79 Å². The van der Waals surface area contributed by atoms with Crippen LogP contribution in [0, 0.1) is 0 Å². The summed E-state index contributed by atoms with van der Waals surface area (Å²) in [5.41, 5.74) is 2.92. The first-order valence-corrected chi connectivity index (χ1v) is 10.7. The molecule has 0 radical (unpaired) electrons. The van der Waals surface area contributed by atoms with Crippen molar-refractivity contribution in [2.45, 2.75) is 13.3 Å². The maximum atomic E-state index is 12.5. The molecule has 1 amide bonds. The molecule has 0 fully saturated rings. The highest BCUT2D eigenvalue weighted by Crippen LogP contribution is 2.17. The predicted octanol–water partition coefficient (Wildman–Crippen LogP) is 2.66. The first kappa shape index (κ1) is 22.2. The third-order valence-electron chi connectivity index (χ3n) is 4.98. The Bertz CT molecular complexity index is 1410. The Labute approximate surface area is 195 Å². The monoisotopic (exact) mass is 459 g/mol. The number of tetrazole rings is 1. The Morgan fingerprint density at radius 3 is 2.61 bits per heavy atom. The highest BCUT2D eigenvalue weighted by atomic mass is 35.5. The second-order valence-electron chi connectivity index (χ2n) is 7.17. The lowest BCUT2D eigenvalue weighted by Crippen LogP contribution is -2.35. The first-order valence-electron chi connectivity index (χ1n) is 10.4. The number of allylic oxidation sites excluding steroid dienone is 1. The molecule has 0 atom stereocenters. The lowest BCUT2D eigenvalue weighted by atomic mass is 10.1. The number of fused-ring (bicyclic) bond motifs is 1. The average Bonchev–Trinajstić information content (AvgIpc) is 3.31. The molecule has 0 saturated carbocycles. The van der Waals surface area contributed by atoms with Crippen LogP contribution in [0.4, 0.5) is 11.5 Å². The minimum atomic E-state index is -0.136. The van der Waals surface area contributed by atoms with Crippen molar-refractivity contribution >= 4 is 46.8 Å². The van der Waals surface area contributed by atoms with Crippen LogP contribution < -0.4 is 21.3 Å². The van der Waals surface area contributed by atoms with Crippen molar-refractivity contribution in [1.29, 1.82) is 0 Å². The summed E-state index contributed by atoms with van der Waals surface area (Å²) in [5, 5.41) is 20.2. The van der Waals surface area contributed by atoms with Gasteiger partial charge in [0, 0.05) is 22.8 Å². The van der Waals surface area contributed by atoms with E-state index in [4.69, 9.17) is 11.6 Å². The number of hydrogen-bond donors (Lipinski definition) is 2. The number of halogens is 1. The lowest BCUT2D eigenvalue weighted by molar-refractivity contribution is 0.0954. The van der Waals surface area contributed by atoms with Crippen molar-refractivity contribution < 1.29 is 4.79 Å². The molecule has 0 aliphatic carbocycles. The van der Waals surface area contributed by atoms with Gasteiger partial charge in [-0.1, -0.05) is 42.5 Å². The predicted molar refractivity (Wildman–Crippen MR) is 130 cm³/mol. The maximum absolute atomic E-state index is 12.5. The zero-order valence-electron chi connectivity index (χ0n) is 18.0. The highest BCUT2D eigenvalue weighted by molar-refractivity contribution is 6.30. The quantitative estimate of drug-likeness (QED) is 0.441. The zero-order chi connectivity index (χ0) is 23.2. The average molecular weight is 460 g/mol. The molecule has 33 heavy (non-hydrogen) atoms. The Balaban J connectivity index is 1.46. The van der Waals surface area contributed by atoms with E-state index < -0.39 is 0 Å². The van der Waals surface area contributed by atoms with E-state index in [0.717, 1.165) is 23.0 Å². The molecule has 0 spiro atoms. The molecule has 2 heterocycles. The van der Waals surface area contributed by atoms with Crippen LogP contribution in [-0.2, 0) is 6.42 Å². The Morgan fingerprint density at radius 1 is 1.15 bits per heavy atom. The van der Waals surface area contributed by atoms with Gasteiger partial charge in [0.25, 0.3) is 5.91 Å². The fraction of sp³-hybridized carbons (Fsp3) is 0.125. The number of carbonyl (C=O) groups excluding carboxylic acids is 1. The number of amides is 1. The third-order valence-corrected chi connectivity index (χ3v) is 5.23. The smallest absolute Gasteiger partial charge is 0.251 e. The van der Waals surface area contributed by atoms with Gasteiger partial charge < -0.3 is 10.6 Å². The van der Waals surface area contributed by atoms with Gasteiger partial charge in [-0.3, -0.25) is 4.79 Å². The number of carbonyl (C=O) groups is 1. The summed E-state index contributed by atoms with van der Waals surface area (Å²) in [4.78, 5) is 17.1. The fourth-order valence-corrected chi connectivity index (χ4v) is 3.46. The van der Waals surface area contributed by atoms with E-state index in [1.165, 1.54) is 0 Å². The number of nitrogens with zero attached hydrogens (tertiary/aromatic N) is 5. The minimum absolute atomic E-state index is 0.136. The Hall–Kier alpha value is -4.04. The molecule has 0 aliphatic rings. The van der Waals surface area contributed by atoms with Crippen LogP contribution in [0.1, 0.15) is 22.8 Å². The molecule has 8 nitrogen and oxygen atoms in total. The number of nitrogens with one attached hydrogen (secondary N) is 2. The van der Waals surface area contributed by atoms with Crippen molar-refractivity contribution in [2.75, 3.05) is 11.9 Å². The molecular formula is C24H22ClN7O. The van der Waals surface area contributed by atoms with E-state index in [1.807, 2.05) is 49.4 Å². The topological polar surface area (TPSA) is 97.1 Å². The van der Waals surface area contributed by atoms with Gasteiger partial charge in [-0.2, -0.15) is 4.52 Å². The van der Waals surface area contributed by atoms with Crippen LogP contribution in [0.15, 0.2) is 61.2 Å². The molecule has 4 rings (SSSR count). The van der Waals surface area contributed by atoms with Gasteiger partial charge in [-0.05, 0) is 71.8 Å². The summed E-state index contributed by atoms with van der Waals surface area (Å²) in [7, 11) is 0. The van der Waals surface area contributed by atoms with Crippen LogP contribution in [0.5, 0.6) is 0 Å². The highest BCUT2D eigenvalue weighted by Gasteiger charge is 2.11. The van der Waals surface area contributed by atoms with Gasteiger partial charge in [0.15, 0.2) is 5.82 Å². The summed E-state index contributed by atoms with van der Waals surface area (Å²) >= 11 is 5.90. The molecule has 0 saturated heterocycles. The normalized spacial score (nSPS) is 12.2. The molecule has 2 aromatic heterocycles. The number of hydrogen-bond acceptors (Lipinski definition) is 6. The molecule has 166 valence electrons. The van der Waals surface area contributed by atoms with Crippen molar-refractivity contribution in [1.82, 2.24) is 30.3 Å². The number of rotatable bonds is 7. The number of benzene rings is 2. The van der Waals surface area contributed by atoms with Crippen molar-refractivity contribution in [2.24, 2.45) is 0 Å². The van der Waals surface area contributed by atoms with Gasteiger partial charge in [-0.25, -0.2) is 4.98 Å². The summed E-state index contributed by atoms with van der Waals surface area (Å²) in [5.74, 6) is 0.363. The fourth-order valence-electron chi connectivity index (χ4n) is 3.34. The Kier molecular flexibility index (Phi) is 6.75. The van der Waals surface area contributed by atoms with E-state index in [-0.39, 0.29) is 5.91 Å². The minimum Gasteiger partial charge on any atom is -0.352 e.